The minimum Gasteiger partial charge on any atom is -0.453 e. The molecule has 0 N–H and O–H groups in total. The molecule has 1 atom stereocenters. The average molecular weight is 315 g/mol. The number of ether oxygens (including phenoxy) is 1. The maximum atomic E-state index is 11.3. The van der Waals surface area contributed by atoms with Gasteiger partial charge in [0.1, 0.15) is 6.10 Å². The molecule has 0 aromatic heterocycles. The Morgan fingerprint density at radius 1 is 1.14 bits per heavy atom. The molecule has 2 nitrogen and oxygen atoms in total. The molecule has 1 unspecified atom stereocenters. The molecule has 0 saturated heterocycles. The number of allylic oxidation sites excluding steroid dienone is 1. The van der Waals surface area contributed by atoms with Crippen LogP contribution in [0.25, 0.3) is 0 Å². The minimum absolute atomic E-state index is 0.298. The van der Waals surface area contributed by atoms with Crippen molar-refractivity contribution in [2.24, 2.45) is 0 Å². The van der Waals surface area contributed by atoms with E-state index in [1.807, 2.05) is 36.4 Å². The predicted octanol–water partition coefficient (Wildman–Crippen LogP) is 5.13. The maximum Gasteiger partial charge on any atom is 0.303 e. The van der Waals surface area contributed by atoms with E-state index in [4.69, 9.17) is 16.3 Å². The number of halogens is 1. The highest BCUT2D eigenvalue weighted by Gasteiger charge is 2.10. The van der Waals surface area contributed by atoms with E-state index in [9.17, 15) is 4.79 Å². The van der Waals surface area contributed by atoms with Gasteiger partial charge in [-0.1, -0.05) is 60.1 Å². The summed E-state index contributed by atoms with van der Waals surface area (Å²) in [6, 6.07) is 17.6. The van der Waals surface area contributed by atoms with E-state index in [-0.39, 0.29) is 12.1 Å². The molecule has 0 saturated carbocycles. The summed E-state index contributed by atoms with van der Waals surface area (Å²) in [5, 5.41) is 0.665. The third-order valence-corrected chi connectivity index (χ3v) is 3.50. The van der Waals surface area contributed by atoms with Gasteiger partial charge in [0, 0.05) is 11.9 Å². The molecule has 0 bridgehead atoms. The summed E-state index contributed by atoms with van der Waals surface area (Å²) in [5.74, 6) is -0.298. The van der Waals surface area contributed by atoms with Crippen LogP contribution in [0.15, 0.2) is 66.7 Å². The molecule has 0 amide bonds. The molecule has 2 rings (SSSR count). The fourth-order valence-electron chi connectivity index (χ4n) is 2.16. The highest BCUT2D eigenvalue weighted by molar-refractivity contribution is 6.30. The lowest BCUT2D eigenvalue weighted by atomic mass is 10.1. The van der Waals surface area contributed by atoms with Gasteiger partial charge in [-0.25, -0.2) is 0 Å². The molecular weight excluding hydrogens is 296 g/mol. The minimum atomic E-state index is -0.370. The van der Waals surface area contributed by atoms with Crippen LogP contribution in [0.3, 0.4) is 0 Å². The van der Waals surface area contributed by atoms with Crippen LogP contribution in [0, 0.1) is 0 Å². The molecule has 0 aliphatic rings. The van der Waals surface area contributed by atoms with Crippen LogP contribution in [0.2, 0.25) is 5.02 Å². The van der Waals surface area contributed by atoms with Crippen molar-refractivity contribution in [1.82, 2.24) is 0 Å². The molecular formula is C19H19ClO2. The predicted molar refractivity (Wildman–Crippen MR) is 89.9 cm³/mol. The van der Waals surface area contributed by atoms with E-state index in [2.05, 4.69) is 18.2 Å². The Bertz CT molecular complexity index is 618. The zero-order chi connectivity index (χ0) is 15.8. The smallest absolute Gasteiger partial charge is 0.303 e. The summed E-state index contributed by atoms with van der Waals surface area (Å²) in [7, 11) is 0. The van der Waals surface area contributed by atoms with Gasteiger partial charge in [0.15, 0.2) is 0 Å². The molecule has 22 heavy (non-hydrogen) atoms. The third kappa shape index (κ3) is 5.38. The Morgan fingerprint density at radius 3 is 2.45 bits per heavy atom. The fraction of sp³-hybridized carbons (Fsp3) is 0.211. The summed E-state index contributed by atoms with van der Waals surface area (Å²) in [6.45, 7) is 1.42. The average Bonchev–Trinajstić information content (AvgIpc) is 2.52. The Morgan fingerprint density at radius 2 is 1.82 bits per heavy atom. The zero-order valence-electron chi connectivity index (χ0n) is 12.5. The lowest BCUT2D eigenvalue weighted by Gasteiger charge is -2.13. The number of carbonyl (C=O) groups is 1. The van der Waals surface area contributed by atoms with Crippen LogP contribution < -0.4 is 0 Å². The van der Waals surface area contributed by atoms with Gasteiger partial charge in [-0.05, 0) is 42.2 Å². The van der Waals surface area contributed by atoms with Crippen molar-refractivity contribution in [3.05, 3.63) is 82.9 Å². The van der Waals surface area contributed by atoms with Crippen molar-refractivity contribution in [3.8, 4) is 0 Å². The Labute approximate surface area is 136 Å². The zero-order valence-corrected chi connectivity index (χ0v) is 13.3. The molecule has 2 aromatic carbocycles. The number of aryl methyl sites for hydroxylation is 1. The van der Waals surface area contributed by atoms with Crippen molar-refractivity contribution in [1.29, 1.82) is 0 Å². The number of hydrogen-bond acceptors (Lipinski definition) is 2. The molecule has 0 heterocycles. The van der Waals surface area contributed by atoms with Gasteiger partial charge in [0.25, 0.3) is 0 Å². The van der Waals surface area contributed by atoms with E-state index in [0.29, 0.717) is 5.02 Å². The number of carbonyl (C=O) groups excluding carboxylic acids is 1. The van der Waals surface area contributed by atoms with Crippen molar-refractivity contribution >= 4 is 17.6 Å². The van der Waals surface area contributed by atoms with E-state index >= 15 is 0 Å². The third-order valence-electron chi connectivity index (χ3n) is 3.24. The number of hydrogen-bond donors (Lipinski definition) is 0. The van der Waals surface area contributed by atoms with Gasteiger partial charge in [-0.3, -0.25) is 4.79 Å². The van der Waals surface area contributed by atoms with Crippen LogP contribution in [-0.2, 0) is 16.0 Å². The van der Waals surface area contributed by atoms with Gasteiger partial charge in [0.2, 0.25) is 0 Å². The first-order chi connectivity index (χ1) is 10.6. The summed E-state index contributed by atoms with van der Waals surface area (Å²) in [5.41, 5.74) is 2.21. The molecule has 0 aliphatic heterocycles. The standard InChI is InChI=1S/C19H19ClO2/c1-15(21)22-19(17-11-13-18(20)14-12-17)10-6-5-9-16-7-3-2-4-8-16/h2-4,6-8,10-14,19H,5,9H2,1H3/b10-6+. The van der Waals surface area contributed by atoms with Gasteiger partial charge in [-0.15, -0.1) is 0 Å². The van der Waals surface area contributed by atoms with E-state index in [0.717, 1.165) is 18.4 Å². The van der Waals surface area contributed by atoms with Crippen molar-refractivity contribution < 1.29 is 9.53 Å². The number of rotatable bonds is 6. The highest BCUT2D eigenvalue weighted by Crippen LogP contribution is 2.21. The Kier molecular flexibility index (Phi) is 6.23. The Hall–Kier alpha value is -2.06. The Balaban J connectivity index is 1.98. The van der Waals surface area contributed by atoms with Gasteiger partial charge >= 0.3 is 5.97 Å². The van der Waals surface area contributed by atoms with E-state index in [1.165, 1.54) is 12.5 Å². The van der Waals surface area contributed by atoms with E-state index < -0.39 is 0 Å². The molecule has 2 aromatic rings. The molecule has 0 spiro atoms. The molecule has 0 radical (unpaired) electrons. The van der Waals surface area contributed by atoms with Gasteiger partial charge in [-0.2, -0.15) is 0 Å². The molecule has 3 heteroatoms. The lowest BCUT2D eigenvalue weighted by molar-refractivity contribution is -0.144. The highest BCUT2D eigenvalue weighted by atomic mass is 35.5. The van der Waals surface area contributed by atoms with E-state index in [1.54, 1.807) is 12.1 Å². The van der Waals surface area contributed by atoms with Crippen LogP contribution in [0.4, 0.5) is 0 Å². The normalized spacial score (nSPS) is 12.3. The number of benzene rings is 2. The first kappa shape index (κ1) is 16.3. The summed E-state index contributed by atoms with van der Waals surface area (Å²) >= 11 is 5.89. The van der Waals surface area contributed by atoms with Crippen LogP contribution in [0.5, 0.6) is 0 Å². The maximum absolute atomic E-state index is 11.3. The summed E-state index contributed by atoms with van der Waals surface area (Å²) < 4.78 is 5.36. The van der Waals surface area contributed by atoms with Crippen molar-refractivity contribution in [2.75, 3.05) is 0 Å². The summed E-state index contributed by atoms with van der Waals surface area (Å²) in [4.78, 5) is 11.3. The quantitative estimate of drug-likeness (QED) is 0.545. The fourth-order valence-corrected chi connectivity index (χ4v) is 2.29. The van der Waals surface area contributed by atoms with Gasteiger partial charge < -0.3 is 4.74 Å². The van der Waals surface area contributed by atoms with Crippen LogP contribution in [-0.4, -0.2) is 5.97 Å². The largest absolute Gasteiger partial charge is 0.453 e. The molecule has 114 valence electrons. The number of esters is 1. The van der Waals surface area contributed by atoms with Crippen molar-refractivity contribution in [2.45, 2.75) is 25.9 Å². The van der Waals surface area contributed by atoms with Gasteiger partial charge in [0.05, 0.1) is 0 Å². The molecule has 0 fully saturated rings. The topological polar surface area (TPSA) is 26.3 Å². The van der Waals surface area contributed by atoms with Crippen molar-refractivity contribution in [3.63, 3.8) is 0 Å². The second kappa shape index (κ2) is 8.40. The summed E-state index contributed by atoms with van der Waals surface area (Å²) in [6.07, 6.45) is 5.47. The molecule has 0 aliphatic carbocycles. The van der Waals surface area contributed by atoms with Crippen LogP contribution in [0.1, 0.15) is 30.6 Å². The first-order valence-electron chi connectivity index (χ1n) is 7.28. The lowest BCUT2D eigenvalue weighted by Crippen LogP contribution is -2.06. The second-order valence-electron chi connectivity index (χ2n) is 5.03. The second-order valence-corrected chi connectivity index (χ2v) is 5.47. The monoisotopic (exact) mass is 314 g/mol. The SMILES string of the molecule is CC(=O)OC(/C=C/CCc1ccccc1)c1ccc(Cl)cc1. The van der Waals surface area contributed by atoms with Crippen LogP contribution >= 0.6 is 11.6 Å². The first-order valence-corrected chi connectivity index (χ1v) is 7.66.